The number of pyridine rings is 1. The maximum Gasteiger partial charge on any atom is 0.272 e. The Labute approximate surface area is 233 Å². The topological polar surface area (TPSA) is 125 Å². The van der Waals surface area contributed by atoms with E-state index < -0.39 is 31.0 Å². The summed E-state index contributed by atoms with van der Waals surface area (Å²) in [5.41, 5.74) is 3.20. The van der Waals surface area contributed by atoms with E-state index in [0.717, 1.165) is 0 Å². The van der Waals surface area contributed by atoms with Crippen LogP contribution in [-0.2, 0) is 4.79 Å². The smallest absolute Gasteiger partial charge is 0.272 e. The minimum absolute atomic E-state index is 0.151. The van der Waals surface area contributed by atoms with Crippen molar-refractivity contribution in [3.63, 3.8) is 0 Å². The summed E-state index contributed by atoms with van der Waals surface area (Å²) in [5, 5.41) is 20.9. The van der Waals surface area contributed by atoms with Gasteiger partial charge in [0, 0.05) is 23.3 Å². The molecular formula is C27H26ClF2N7O3. The van der Waals surface area contributed by atoms with Crippen LogP contribution in [0.25, 0.3) is 16.9 Å². The van der Waals surface area contributed by atoms with E-state index >= 15 is 0 Å². The van der Waals surface area contributed by atoms with E-state index in [0.29, 0.717) is 45.2 Å². The molecule has 1 aromatic carbocycles. The SMILES string of the molecule is Cc1ncc(-c2ccc3nc(NC(=O)CN4CC(F)(F)C4)cn3n2)cc1C(=O)NCCC(O)c1ccc(Cl)cc1. The van der Waals surface area contributed by atoms with Crippen LogP contribution in [0.3, 0.4) is 0 Å². The first-order chi connectivity index (χ1) is 19.1. The predicted octanol–water partition coefficient (Wildman–Crippen LogP) is 3.50. The molecule has 0 bridgehead atoms. The highest BCUT2D eigenvalue weighted by molar-refractivity contribution is 6.30. The third-order valence-electron chi connectivity index (χ3n) is 6.45. The molecule has 3 N–H and O–H groups in total. The number of rotatable bonds is 9. The first kappa shape index (κ1) is 27.6. The van der Waals surface area contributed by atoms with Gasteiger partial charge in [-0.05, 0) is 49.2 Å². The number of carbonyl (C=O) groups is 2. The van der Waals surface area contributed by atoms with E-state index in [1.165, 1.54) is 15.6 Å². The molecule has 1 atom stereocenters. The molecular weight excluding hydrogens is 544 g/mol. The zero-order valence-electron chi connectivity index (χ0n) is 21.4. The van der Waals surface area contributed by atoms with Gasteiger partial charge in [0.25, 0.3) is 11.8 Å². The molecule has 0 spiro atoms. The standard InChI is InChI=1S/C27H26ClF2N7O3/c1-16-20(26(40)31-9-8-22(38)17-2-4-19(28)5-3-17)10-18(11-32-16)21-6-7-24-33-23(12-37(24)35-21)34-25(39)13-36-14-27(29,30)15-36/h2-7,10-12,22,38H,8-9,13-15H2,1H3,(H,31,40)(H,34,39). The zero-order valence-corrected chi connectivity index (χ0v) is 22.2. The van der Waals surface area contributed by atoms with E-state index in [9.17, 15) is 23.5 Å². The molecule has 3 aromatic heterocycles. The van der Waals surface area contributed by atoms with Gasteiger partial charge in [-0.2, -0.15) is 5.10 Å². The quantitative estimate of drug-likeness (QED) is 0.282. The number of fused-ring (bicyclic) bond motifs is 1. The Morgan fingerprint density at radius 2 is 1.93 bits per heavy atom. The average molecular weight is 570 g/mol. The zero-order chi connectivity index (χ0) is 28.4. The summed E-state index contributed by atoms with van der Waals surface area (Å²) in [6.07, 6.45) is 2.70. The van der Waals surface area contributed by atoms with Crippen molar-refractivity contribution in [3.8, 4) is 11.3 Å². The lowest BCUT2D eigenvalue weighted by atomic mass is 10.1. The molecule has 0 radical (unpaired) electrons. The van der Waals surface area contributed by atoms with E-state index in [2.05, 4.69) is 25.7 Å². The van der Waals surface area contributed by atoms with E-state index in [4.69, 9.17) is 11.6 Å². The molecule has 0 saturated carbocycles. The highest BCUT2D eigenvalue weighted by Gasteiger charge is 2.44. The minimum atomic E-state index is -2.74. The van der Waals surface area contributed by atoms with E-state index in [1.807, 2.05) is 0 Å². The maximum absolute atomic E-state index is 13.0. The number of imidazole rings is 1. The van der Waals surface area contributed by atoms with Crippen molar-refractivity contribution in [1.82, 2.24) is 29.8 Å². The summed E-state index contributed by atoms with van der Waals surface area (Å²) >= 11 is 5.89. The van der Waals surface area contributed by atoms with Crippen LogP contribution in [-0.4, -0.2) is 73.5 Å². The van der Waals surface area contributed by atoms with Gasteiger partial charge in [-0.1, -0.05) is 23.7 Å². The van der Waals surface area contributed by atoms with Crippen molar-refractivity contribution in [2.45, 2.75) is 25.4 Å². The fraction of sp³-hybridized carbons (Fsp3) is 0.296. The number of benzene rings is 1. The summed E-state index contributed by atoms with van der Waals surface area (Å²) in [6, 6.07) is 12.0. The van der Waals surface area contributed by atoms with Crippen LogP contribution in [0.4, 0.5) is 14.6 Å². The lowest BCUT2D eigenvalue weighted by Gasteiger charge is -2.37. The van der Waals surface area contributed by atoms with Gasteiger partial charge >= 0.3 is 0 Å². The molecule has 1 aliphatic heterocycles. The monoisotopic (exact) mass is 569 g/mol. The molecule has 1 unspecified atom stereocenters. The number of aliphatic hydroxyl groups excluding tert-OH is 1. The number of hydrogen-bond acceptors (Lipinski definition) is 7. The van der Waals surface area contributed by atoms with E-state index in [1.54, 1.807) is 55.6 Å². The number of aryl methyl sites for hydroxylation is 1. The number of halogens is 3. The van der Waals surface area contributed by atoms with Gasteiger partial charge in [-0.3, -0.25) is 19.5 Å². The van der Waals surface area contributed by atoms with Gasteiger partial charge in [-0.15, -0.1) is 0 Å². The number of carbonyl (C=O) groups excluding carboxylic acids is 2. The first-order valence-corrected chi connectivity index (χ1v) is 12.9. The van der Waals surface area contributed by atoms with Crippen LogP contribution < -0.4 is 10.6 Å². The number of alkyl halides is 2. The summed E-state index contributed by atoms with van der Waals surface area (Å²) in [5.74, 6) is -3.28. The third-order valence-corrected chi connectivity index (χ3v) is 6.70. The fourth-order valence-corrected chi connectivity index (χ4v) is 4.50. The van der Waals surface area contributed by atoms with Gasteiger partial charge in [0.15, 0.2) is 11.5 Å². The summed E-state index contributed by atoms with van der Waals surface area (Å²) in [6.45, 7) is 0.950. The second-order valence-corrected chi connectivity index (χ2v) is 10.1. The highest BCUT2D eigenvalue weighted by Crippen LogP contribution is 2.26. The third kappa shape index (κ3) is 6.41. The normalized spacial score (nSPS) is 15.4. The summed E-state index contributed by atoms with van der Waals surface area (Å²) < 4.78 is 27.5. The van der Waals surface area contributed by atoms with Gasteiger partial charge in [0.2, 0.25) is 5.91 Å². The van der Waals surface area contributed by atoms with Gasteiger partial charge in [-0.25, -0.2) is 18.3 Å². The number of likely N-dealkylation sites (tertiary alicyclic amines) is 1. The lowest BCUT2D eigenvalue weighted by Crippen LogP contribution is -2.57. The molecule has 13 heteroatoms. The molecule has 1 fully saturated rings. The molecule has 208 valence electrons. The van der Waals surface area contributed by atoms with Crippen molar-refractivity contribution in [2.75, 3.05) is 31.5 Å². The number of nitrogens with one attached hydrogen (secondary N) is 2. The second-order valence-electron chi connectivity index (χ2n) is 9.67. The van der Waals surface area contributed by atoms with Crippen LogP contribution in [0.5, 0.6) is 0 Å². The van der Waals surface area contributed by atoms with Crippen molar-refractivity contribution in [3.05, 3.63) is 76.7 Å². The maximum atomic E-state index is 13.0. The fourth-order valence-electron chi connectivity index (χ4n) is 4.37. The minimum Gasteiger partial charge on any atom is -0.388 e. The molecule has 4 aromatic rings. The second kappa shape index (κ2) is 11.2. The van der Waals surface area contributed by atoms with Crippen LogP contribution in [0.15, 0.2) is 54.9 Å². The number of aliphatic hydroxyl groups is 1. The summed E-state index contributed by atoms with van der Waals surface area (Å²) in [4.78, 5) is 35.1. The Morgan fingerprint density at radius 3 is 2.65 bits per heavy atom. The molecule has 4 heterocycles. The van der Waals surface area contributed by atoms with E-state index in [-0.39, 0.29) is 24.8 Å². The van der Waals surface area contributed by atoms with Crippen LogP contribution in [0.2, 0.25) is 5.02 Å². The Hall–Kier alpha value is -4.00. The number of hydrogen-bond donors (Lipinski definition) is 3. The molecule has 5 rings (SSSR count). The number of anilines is 1. The number of nitrogens with zero attached hydrogens (tertiary/aromatic N) is 5. The Morgan fingerprint density at radius 1 is 1.18 bits per heavy atom. The Kier molecular flexibility index (Phi) is 7.74. The Bertz CT molecular complexity index is 1550. The van der Waals surface area contributed by atoms with Crippen molar-refractivity contribution in [1.29, 1.82) is 0 Å². The Balaban J connectivity index is 1.22. The lowest BCUT2D eigenvalue weighted by molar-refractivity contribution is -0.141. The van der Waals surface area contributed by atoms with Crippen molar-refractivity contribution < 1.29 is 23.5 Å². The molecule has 2 amide bonds. The van der Waals surface area contributed by atoms with Crippen molar-refractivity contribution >= 4 is 34.9 Å². The van der Waals surface area contributed by atoms with Crippen LogP contribution >= 0.6 is 11.6 Å². The summed E-state index contributed by atoms with van der Waals surface area (Å²) in [7, 11) is 0. The van der Waals surface area contributed by atoms with Crippen LogP contribution in [0.1, 0.15) is 34.1 Å². The largest absolute Gasteiger partial charge is 0.388 e. The highest BCUT2D eigenvalue weighted by atomic mass is 35.5. The van der Waals surface area contributed by atoms with Crippen LogP contribution in [0, 0.1) is 6.92 Å². The van der Waals surface area contributed by atoms with Gasteiger partial charge in [0.05, 0.1) is 48.9 Å². The van der Waals surface area contributed by atoms with Gasteiger partial charge in [0.1, 0.15) is 0 Å². The molecule has 1 saturated heterocycles. The predicted molar refractivity (Wildman–Crippen MR) is 144 cm³/mol. The first-order valence-electron chi connectivity index (χ1n) is 12.5. The molecule has 10 nitrogen and oxygen atoms in total. The molecule has 0 aliphatic carbocycles. The van der Waals surface area contributed by atoms with Crippen molar-refractivity contribution in [2.24, 2.45) is 0 Å². The average Bonchev–Trinajstić information content (AvgIpc) is 3.29. The van der Waals surface area contributed by atoms with Gasteiger partial charge < -0.3 is 15.7 Å². The molecule has 1 aliphatic rings. The number of aromatic nitrogens is 4. The number of amides is 2. The molecule has 40 heavy (non-hydrogen) atoms.